The zero-order chi connectivity index (χ0) is 17.3. The van der Waals surface area contributed by atoms with Crippen molar-refractivity contribution in [3.8, 4) is 0 Å². The van der Waals surface area contributed by atoms with E-state index in [1.807, 2.05) is 0 Å². The van der Waals surface area contributed by atoms with Crippen molar-refractivity contribution in [3.05, 3.63) is 51.8 Å². The molecule has 0 saturated heterocycles. The number of likely N-dealkylation sites (N-methyl/N-ethyl adjacent to an activating group) is 1. The van der Waals surface area contributed by atoms with E-state index >= 15 is 0 Å². The summed E-state index contributed by atoms with van der Waals surface area (Å²) in [5, 5.41) is 15.5. The van der Waals surface area contributed by atoms with Gasteiger partial charge in [0.2, 0.25) is 11.7 Å². The second-order valence-electron chi connectivity index (χ2n) is 4.99. The molecule has 0 radical (unpaired) electrons. The number of nitrogens with one attached hydrogen (secondary N) is 1. The number of rotatable bonds is 5. The van der Waals surface area contributed by atoms with Gasteiger partial charge in [0.15, 0.2) is 0 Å². The van der Waals surface area contributed by atoms with Crippen LogP contribution in [0.5, 0.6) is 0 Å². The van der Waals surface area contributed by atoms with Gasteiger partial charge in [-0.1, -0.05) is 17.4 Å². The molecule has 24 heavy (non-hydrogen) atoms. The number of anilines is 2. The van der Waals surface area contributed by atoms with Crippen LogP contribution in [0.3, 0.4) is 0 Å². The zero-order valence-electron chi connectivity index (χ0n) is 12.5. The summed E-state index contributed by atoms with van der Waals surface area (Å²) in [7, 11) is 1.53. The summed E-state index contributed by atoms with van der Waals surface area (Å²) < 4.78 is 14.5. The Labute approximate surface area is 139 Å². The second-order valence-corrected chi connectivity index (χ2v) is 5.86. The van der Waals surface area contributed by atoms with Crippen LogP contribution in [0.1, 0.15) is 0 Å². The van der Waals surface area contributed by atoms with Crippen LogP contribution in [0.2, 0.25) is 0 Å². The van der Waals surface area contributed by atoms with E-state index in [1.165, 1.54) is 45.9 Å². The lowest BCUT2D eigenvalue weighted by Crippen LogP contribution is -2.30. The lowest BCUT2D eigenvalue weighted by atomic mass is 10.3. The van der Waals surface area contributed by atoms with Gasteiger partial charge in [-0.15, -0.1) is 0 Å². The van der Waals surface area contributed by atoms with E-state index in [1.54, 1.807) is 17.6 Å². The third kappa shape index (κ3) is 3.04. The first-order chi connectivity index (χ1) is 11.5. The lowest BCUT2D eigenvalue weighted by Gasteiger charge is -2.15. The Balaban J connectivity index is 1.78. The summed E-state index contributed by atoms with van der Waals surface area (Å²) in [6.45, 7) is -0.164. The molecule has 1 aromatic carbocycles. The molecule has 0 saturated carbocycles. The Morgan fingerprint density at radius 3 is 3.04 bits per heavy atom. The highest BCUT2D eigenvalue weighted by Crippen LogP contribution is 2.30. The molecule has 1 N–H and O–H groups in total. The number of nitrogens with zero attached hydrogens (tertiary/aromatic N) is 4. The maximum Gasteiger partial charge on any atom is 0.373 e. The number of carbonyl (C=O) groups excluding carboxylic acids is 1. The molecule has 0 fully saturated rings. The molecule has 2 heterocycles. The molecule has 0 unspecified atom stereocenters. The summed E-state index contributed by atoms with van der Waals surface area (Å²) in [4.78, 5) is 28.9. The Morgan fingerprint density at radius 1 is 1.54 bits per heavy atom. The maximum absolute atomic E-state index is 13.1. The third-order valence-corrected chi connectivity index (χ3v) is 4.00. The second kappa shape index (κ2) is 6.24. The number of hydrogen-bond acceptors (Lipinski definition) is 6. The summed E-state index contributed by atoms with van der Waals surface area (Å²) in [5.74, 6) is -1.01. The largest absolute Gasteiger partial charge is 0.373 e. The van der Waals surface area contributed by atoms with Gasteiger partial charge in [-0.2, -0.15) is 9.38 Å². The molecule has 1 amide bonds. The fourth-order valence-electron chi connectivity index (χ4n) is 2.25. The number of imidazole rings is 1. The van der Waals surface area contributed by atoms with Gasteiger partial charge in [0.05, 0.1) is 6.54 Å². The molecule has 0 spiro atoms. The number of amides is 1. The van der Waals surface area contributed by atoms with E-state index < -0.39 is 16.6 Å². The van der Waals surface area contributed by atoms with Crippen molar-refractivity contribution in [3.63, 3.8) is 0 Å². The standard InChI is InChI=1S/C14H12FN5O3S/c1-18(8-11(21)16-10-4-2-3-9(15)7-10)12-13(20(22)23)19-5-6-24-14(19)17-12/h2-7H,8H2,1H3,(H,16,21). The number of benzene rings is 1. The van der Waals surface area contributed by atoms with Gasteiger partial charge >= 0.3 is 5.82 Å². The van der Waals surface area contributed by atoms with Crippen molar-refractivity contribution in [1.29, 1.82) is 0 Å². The van der Waals surface area contributed by atoms with Crippen LogP contribution in [-0.2, 0) is 4.79 Å². The SMILES string of the molecule is CN(CC(=O)Nc1cccc(F)c1)c1nc2sccn2c1[N+](=O)[O-]. The highest BCUT2D eigenvalue weighted by Gasteiger charge is 2.27. The minimum atomic E-state index is -0.539. The number of carbonyl (C=O) groups is 1. The molecule has 124 valence electrons. The van der Waals surface area contributed by atoms with E-state index in [2.05, 4.69) is 10.3 Å². The monoisotopic (exact) mass is 349 g/mol. The van der Waals surface area contributed by atoms with Crippen LogP contribution in [0.15, 0.2) is 35.8 Å². The van der Waals surface area contributed by atoms with Crippen molar-refractivity contribution >= 4 is 39.5 Å². The Kier molecular flexibility index (Phi) is 4.13. The van der Waals surface area contributed by atoms with Crippen molar-refractivity contribution in [2.24, 2.45) is 0 Å². The van der Waals surface area contributed by atoms with E-state index in [4.69, 9.17) is 0 Å². The molecular weight excluding hydrogens is 337 g/mol. The molecule has 10 heteroatoms. The Morgan fingerprint density at radius 2 is 2.33 bits per heavy atom. The number of fused-ring (bicyclic) bond motifs is 1. The summed E-state index contributed by atoms with van der Waals surface area (Å²) in [5.41, 5.74) is 0.314. The first kappa shape index (κ1) is 15.9. The van der Waals surface area contributed by atoms with E-state index in [0.29, 0.717) is 10.6 Å². The normalized spacial score (nSPS) is 10.8. The van der Waals surface area contributed by atoms with Crippen LogP contribution in [0.25, 0.3) is 4.96 Å². The van der Waals surface area contributed by atoms with Crippen molar-refractivity contribution < 1.29 is 14.1 Å². The van der Waals surface area contributed by atoms with Gasteiger partial charge in [-0.3, -0.25) is 4.79 Å². The number of thiazole rings is 1. The van der Waals surface area contributed by atoms with Crippen molar-refractivity contribution in [1.82, 2.24) is 9.38 Å². The quantitative estimate of drug-likeness (QED) is 0.564. The highest BCUT2D eigenvalue weighted by molar-refractivity contribution is 7.15. The van der Waals surface area contributed by atoms with Gasteiger partial charge < -0.3 is 20.3 Å². The topological polar surface area (TPSA) is 92.8 Å². The number of aromatic nitrogens is 2. The average molecular weight is 349 g/mol. The lowest BCUT2D eigenvalue weighted by molar-refractivity contribution is -0.389. The van der Waals surface area contributed by atoms with Crippen molar-refractivity contribution in [2.75, 3.05) is 23.8 Å². The predicted molar refractivity (Wildman–Crippen MR) is 88.0 cm³/mol. The van der Waals surface area contributed by atoms with Crippen LogP contribution in [-0.4, -0.2) is 33.8 Å². The van der Waals surface area contributed by atoms with Gasteiger partial charge in [0, 0.05) is 18.1 Å². The van der Waals surface area contributed by atoms with Crippen LogP contribution >= 0.6 is 11.3 Å². The van der Waals surface area contributed by atoms with E-state index in [-0.39, 0.29) is 18.2 Å². The average Bonchev–Trinajstić information content (AvgIpc) is 3.06. The molecule has 0 aliphatic heterocycles. The van der Waals surface area contributed by atoms with Crippen molar-refractivity contribution in [2.45, 2.75) is 0 Å². The number of nitro groups is 1. The van der Waals surface area contributed by atoms with Gasteiger partial charge in [-0.25, -0.2) is 4.39 Å². The summed E-state index contributed by atoms with van der Waals surface area (Å²) in [6, 6.07) is 5.48. The van der Waals surface area contributed by atoms with Gasteiger partial charge in [0.25, 0.3) is 4.96 Å². The highest BCUT2D eigenvalue weighted by atomic mass is 32.1. The molecule has 0 aliphatic carbocycles. The first-order valence-electron chi connectivity index (χ1n) is 6.82. The van der Waals surface area contributed by atoms with Gasteiger partial charge in [-0.05, 0) is 23.1 Å². The Hall–Kier alpha value is -3.01. The fraction of sp³-hybridized carbons (Fsp3) is 0.143. The predicted octanol–water partition coefficient (Wildman–Crippen LogP) is 2.52. The number of hydrogen-bond donors (Lipinski definition) is 1. The zero-order valence-corrected chi connectivity index (χ0v) is 13.3. The molecule has 3 aromatic rings. The maximum atomic E-state index is 13.1. The molecular formula is C14H12FN5O3S. The summed E-state index contributed by atoms with van der Waals surface area (Å²) in [6.07, 6.45) is 1.55. The van der Waals surface area contributed by atoms with Gasteiger partial charge in [0.1, 0.15) is 12.0 Å². The molecule has 0 bridgehead atoms. The first-order valence-corrected chi connectivity index (χ1v) is 7.70. The van der Waals surface area contributed by atoms with Crippen LogP contribution < -0.4 is 10.2 Å². The summed E-state index contributed by atoms with van der Waals surface area (Å²) >= 11 is 1.26. The minimum absolute atomic E-state index is 0.0984. The molecule has 0 atom stereocenters. The van der Waals surface area contributed by atoms with Crippen LogP contribution in [0.4, 0.5) is 21.7 Å². The smallest absolute Gasteiger partial charge is 0.358 e. The molecule has 3 rings (SSSR count). The minimum Gasteiger partial charge on any atom is -0.358 e. The fourth-order valence-corrected chi connectivity index (χ4v) is 2.95. The Bertz CT molecular complexity index is 922. The third-order valence-electron chi connectivity index (χ3n) is 3.24. The number of halogens is 1. The van der Waals surface area contributed by atoms with E-state index in [0.717, 1.165) is 0 Å². The van der Waals surface area contributed by atoms with Crippen LogP contribution in [0, 0.1) is 15.9 Å². The molecule has 2 aromatic heterocycles. The van der Waals surface area contributed by atoms with E-state index in [9.17, 15) is 19.3 Å². The molecule has 8 nitrogen and oxygen atoms in total. The molecule has 0 aliphatic rings.